The van der Waals surface area contributed by atoms with Crippen molar-refractivity contribution in [3.63, 3.8) is 0 Å². The Bertz CT molecular complexity index is 373. The zero-order chi connectivity index (χ0) is 12.0. The fraction of sp³-hybridized carbons (Fsp3) is 0.273. The summed E-state index contributed by atoms with van der Waals surface area (Å²) in [4.78, 5) is 0. The Morgan fingerprint density at radius 1 is 1.38 bits per heavy atom. The van der Waals surface area contributed by atoms with Gasteiger partial charge in [-0.15, -0.1) is 0 Å². The molecule has 86 valence electrons. The van der Waals surface area contributed by atoms with Gasteiger partial charge in [0.1, 0.15) is 0 Å². The van der Waals surface area contributed by atoms with Crippen LogP contribution in [-0.4, -0.2) is 17.4 Å². The molecule has 0 aliphatic heterocycles. The van der Waals surface area contributed by atoms with Crippen molar-refractivity contribution < 1.29 is 0 Å². The van der Waals surface area contributed by atoms with Crippen molar-refractivity contribution in [2.75, 3.05) is 0 Å². The Balaban J connectivity index is 2.43. The summed E-state index contributed by atoms with van der Waals surface area (Å²) in [5.74, 6) is 0. The minimum Gasteiger partial charge on any atom is -0.359 e. The number of benzene rings is 1. The second kappa shape index (κ2) is 6.60. The van der Waals surface area contributed by atoms with Gasteiger partial charge in [0.25, 0.3) is 0 Å². The molecule has 0 amide bonds. The van der Waals surface area contributed by atoms with Gasteiger partial charge < -0.3 is 5.32 Å². The molecule has 3 nitrogen and oxygen atoms in total. The standard InChI is InChI=1S/C11H14BrN3S/c1-8(2)14-11(16)15-13-7-9-3-5-10(12)6-4-9/h3-8H,1-2H3,(H2,14,15,16)/b13-7-. The third kappa shape index (κ3) is 5.23. The van der Waals surface area contributed by atoms with Gasteiger partial charge in [0.05, 0.1) is 6.21 Å². The van der Waals surface area contributed by atoms with Gasteiger partial charge in [0.15, 0.2) is 5.11 Å². The Kier molecular flexibility index (Phi) is 5.42. The van der Waals surface area contributed by atoms with E-state index in [9.17, 15) is 0 Å². The first-order chi connectivity index (χ1) is 7.58. The molecule has 0 bridgehead atoms. The highest BCUT2D eigenvalue weighted by Gasteiger charge is 1.94. The van der Waals surface area contributed by atoms with Crippen LogP contribution < -0.4 is 10.7 Å². The van der Waals surface area contributed by atoms with E-state index in [-0.39, 0.29) is 0 Å². The monoisotopic (exact) mass is 299 g/mol. The van der Waals surface area contributed by atoms with Gasteiger partial charge in [-0.05, 0) is 43.8 Å². The van der Waals surface area contributed by atoms with E-state index >= 15 is 0 Å². The molecule has 2 N–H and O–H groups in total. The van der Waals surface area contributed by atoms with Crippen LogP contribution in [0.2, 0.25) is 0 Å². The third-order valence-corrected chi connectivity index (χ3v) is 2.41. The van der Waals surface area contributed by atoms with Crippen molar-refractivity contribution in [3.05, 3.63) is 34.3 Å². The summed E-state index contributed by atoms with van der Waals surface area (Å²) in [6, 6.07) is 8.17. The summed E-state index contributed by atoms with van der Waals surface area (Å²) >= 11 is 8.40. The van der Waals surface area contributed by atoms with E-state index in [2.05, 4.69) is 31.8 Å². The first kappa shape index (κ1) is 13.1. The molecule has 0 aromatic heterocycles. The fourth-order valence-corrected chi connectivity index (χ4v) is 1.56. The summed E-state index contributed by atoms with van der Waals surface area (Å²) < 4.78 is 1.05. The largest absolute Gasteiger partial charge is 0.359 e. The van der Waals surface area contributed by atoms with Gasteiger partial charge in [-0.25, -0.2) is 0 Å². The highest BCUT2D eigenvalue weighted by molar-refractivity contribution is 9.10. The van der Waals surface area contributed by atoms with E-state index in [1.54, 1.807) is 6.21 Å². The molecule has 0 unspecified atom stereocenters. The lowest BCUT2D eigenvalue weighted by Gasteiger charge is -2.09. The smallest absolute Gasteiger partial charge is 0.187 e. The molecule has 0 saturated carbocycles. The maximum Gasteiger partial charge on any atom is 0.187 e. The number of hydrazone groups is 1. The van der Waals surface area contributed by atoms with E-state index in [1.807, 2.05) is 38.1 Å². The van der Waals surface area contributed by atoms with Crippen LogP contribution in [0.3, 0.4) is 0 Å². The van der Waals surface area contributed by atoms with E-state index in [0.717, 1.165) is 10.0 Å². The lowest BCUT2D eigenvalue weighted by molar-refractivity contribution is 0.720. The molecule has 0 fully saturated rings. The fourth-order valence-electron chi connectivity index (χ4n) is 1.01. The molecule has 1 aromatic rings. The maximum absolute atomic E-state index is 5.02. The van der Waals surface area contributed by atoms with Crippen molar-refractivity contribution in [1.82, 2.24) is 10.7 Å². The van der Waals surface area contributed by atoms with Crippen LogP contribution in [0.15, 0.2) is 33.8 Å². The van der Waals surface area contributed by atoms with Crippen molar-refractivity contribution in [3.8, 4) is 0 Å². The van der Waals surface area contributed by atoms with Crippen molar-refractivity contribution >= 4 is 39.5 Å². The summed E-state index contributed by atoms with van der Waals surface area (Å²) in [5, 5.41) is 7.60. The van der Waals surface area contributed by atoms with Crippen LogP contribution in [0, 0.1) is 0 Å². The molecule has 0 spiro atoms. The molecular weight excluding hydrogens is 286 g/mol. The Morgan fingerprint density at radius 3 is 2.56 bits per heavy atom. The van der Waals surface area contributed by atoms with E-state index in [0.29, 0.717) is 11.2 Å². The molecule has 0 aliphatic rings. The maximum atomic E-state index is 5.02. The predicted molar refractivity (Wildman–Crippen MR) is 75.7 cm³/mol. The molecule has 0 atom stereocenters. The predicted octanol–water partition coefficient (Wildman–Crippen LogP) is 2.66. The third-order valence-electron chi connectivity index (χ3n) is 1.67. The van der Waals surface area contributed by atoms with Crippen molar-refractivity contribution in [2.24, 2.45) is 5.10 Å². The highest BCUT2D eigenvalue weighted by Crippen LogP contribution is 2.08. The van der Waals surface area contributed by atoms with Crippen LogP contribution in [0.25, 0.3) is 0 Å². The minimum absolute atomic E-state index is 0.308. The van der Waals surface area contributed by atoms with Crippen LogP contribution in [0.1, 0.15) is 19.4 Å². The number of hydrogen-bond donors (Lipinski definition) is 2. The van der Waals surface area contributed by atoms with Gasteiger partial charge in [-0.2, -0.15) is 5.10 Å². The molecule has 5 heteroatoms. The summed E-state index contributed by atoms with van der Waals surface area (Å²) in [6.07, 6.45) is 1.72. The number of rotatable bonds is 3. The van der Waals surface area contributed by atoms with Gasteiger partial charge >= 0.3 is 0 Å². The quantitative estimate of drug-likeness (QED) is 0.512. The molecule has 1 aromatic carbocycles. The number of thiocarbonyl (C=S) groups is 1. The van der Waals surface area contributed by atoms with E-state index in [4.69, 9.17) is 12.2 Å². The normalized spacial score (nSPS) is 10.8. The summed E-state index contributed by atoms with van der Waals surface area (Å²) in [7, 11) is 0. The first-order valence-electron chi connectivity index (χ1n) is 4.93. The molecule has 0 heterocycles. The van der Waals surface area contributed by atoms with Gasteiger partial charge in [0, 0.05) is 10.5 Å². The molecule has 16 heavy (non-hydrogen) atoms. The van der Waals surface area contributed by atoms with Crippen LogP contribution in [0.4, 0.5) is 0 Å². The second-order valence-corrected chi connectivity index (χ2v) is 4.87. The molecule has 0 saturated heterocycles. The SMILES string of the molecule is CC(C)NC(=S)N/N=C\c1ccc(Br)cc1. The van der Waals surface area contributed by atoms with Gasteiger partial charge in [-0.3, -0.25) is 5.43 Å². The van der Waals surface area contributed by atoms with Gasteiger partial charge in [0.2, 0.25) is 0 Å². The Labute approximate surface area is 109 Å². The minimum atomic E-state index is 0.308. The summed E-state index contributed by atoms with van der Waals surface area (Å²) in [6.45, 7) is 4.04. The number of hydrogen-bond acceptors (Lipinski definition) is 2. The number of nitrogens with one attached hydrogen (secondary N) is 2. The molecule has 0 aliphatic carbocycles. The van der Waals surface area contributed by atoms with Crippen molar-refractivity contribution in [2.45, 2.75) is 19.9 Å². The molecule has 1 rings (SSSR count). The zero-order valence-electron chi connectivity index (χ0n) is 9.20. The lowest BCUT2D eigenvalue weighted by atomic mass is 10.2. The number of halogens is 1. The van der Waals surface area contributed by atoms with Crippen molar-refractivity contribution in [1.29, 1.82) is 0 Å². The topological polar surface area (TPSA) is 36.4 Å². The van der Waals surface area contributed by atoms with Crippen LogP contribution >= 0.6 is 28.1 Å². The lowest BCUT2D eigenvalue weighted by Crippen LogP contribution is -2.36. The average molecular weight is 300 g/mol. The van der Waals surface area contributed by atoms with E-state index in [1.165, 1.54) is 0 Å². The van der Waals surface area contributed by atoms with Gasteiger partial charge in [-0.1, -0.05) is 28.1 Å². The Morgan fingerprint density at radius 2 is 2.00 bits per heavy atom. The number of nitrogens with zero attached hydrogens (tertiary/aromatic N) is 1. The summed E-state index contributed by atoms with van der Waals surface area (Å²) in [5.41, 5.74) is 3.77. The molecular formula is C11H14BrN3S. The second-order valence-electron chi connectivity index (χ2n) is 3.55. The zero-order valence-corrected chi connectivity index (χ0v) is 11.6. The Hall–Kier alpha value is -0.940. The van der Waals surface area contributed by atoms with Crippen LogP contribution in [0.5, 0.6) is 0 Å². The van der Waals surface area contributed by atoms with E-state index < -0.39 is 0 Å². The molecule has 0 radical (unpaired) electrons. The highest BCUT2D eigenvalue weighted by atomic mass is 79.9. The first-order valence-corrected chi connectivity index (χ1v) is 6.13. The van der Waals surface area contributed by atoms with Crippen LogP contribution in [-0.2, 0) is 0 Å². The average Bonchev–Trinajstić information content (AvgIpc) is 2.20.